The maximum atomic E-state index is 12.9. The third-order valence-corrected chi connectivity index (χ3v) is 8.47. The molecule has 0 unspecified atom stereocenters. The standard InChI is InChI=1S/C22H27N3O2.C6F3I3/c1-2-3-4-5-6-7-8-17-26-20-11-9-18(10-12-20)21-24-25-22(27-21)19-13-15-23-16-14-19;7-1-4(10)2(8)6(12)3(9)5(1)11/h9-16H,2-8,17H2,1H3;. The van der Waals surface area contributed by atoms with Crippen LogP contribution >= 0.6 is 67.8 Å². The molecule has 2 aromatic carbocycles. The second-order valence-corrected chi connectivity index (χ2v) is 11.8. The Bertz CT molecular complexity index is 1220. The van der Waals surface area contributed by atoms with Gasteiger partial charge in [-0.1, -0.05) is 45.4 Å². The van der Waals surface area contributed by atoms with Gasteiger partial charge in [-0.25, -0.2) is 13.2 Å². The lowest BCUT2D eigenvalue weighted by Crippen LogP contribution is -2.01. The lowest BCUT2D eigenvalue weighted by Gasteiger charge is -2.06. The highest BCUT2D eigenvalue weighted by molar-refractivity contribution is 14.1. The van der Waals surface area contributed by atoms with Gasteiger partial charge in [0.25, 0.3) is 0 Å². The van der Waals surface area contributed by atoms with Gasteiger partial charge < -0.3 is 9.15 Å². The molecule has 0 saturated heterocycles. The van der Waals surface area contributed by atoms with Crippen molar-refractivity contribution < 1.29 is 22.3 Å². The van der Waals surface area contributed by atoms with E-state index in [4.69, 9.17) is 9.15 Å². The van der Waals surface area contributed by atoms with E-state index < -0.39 is 17.5 Å². The van der Waals surface area contributed by atoms with Gasteiger partial charge in [0.2, 0.25) is 11.8 Å². The number of pyridine rings is 1. The first-order valence-electron chi connectivity index (χ1n) is 12.5. The average Bonchev–Trinajstić information content (AvgIpc) is 3.47. The van der Waals surface area contributed by atoms with Gasteiger partial charge in [0, 0.05) is 23.5 Å². The monoisotopic (exact) mass is 875 g/mol. The summed E-state index contributed by atoms with van der Waals surface area (Å²) >= 11 is 4.53. The van der Waals surface area contributed by atoms with Crippen LogP contribution in [-0.4, -0.2) is 21.8 Å². The first-order valence-corrected chi connectivity index (χ1v) is 15.7. The third kappa shape index (κ3) is 9.54. The minimum absolute atomic E-state index is 0.164. The zero-order valence-electron chi connectivity index (χ0n) is 21.2. The number of unbranched alkanes of at least 4 members (excludes halogenated alkanes) is 6. The topological polar surface area (TPSA) is 61.0 Å². The first-order chi connectivity index (χ1) is 18.8. The Hall–Kier alpha value is -1.49. The lowest BCUT2D eigenvalue weighted by molar-refractivity contribution is 0.304. The van der Waals surface area contributed by atoms with Crippen LogP contribution in [0.4, 0.5) is 13.2 Å². The van der Waals surface area contributed by atoms with E-state index in [-0.39, 0.29) is 10.7 Å². The van der Waals surface area contributed by atoms with Crippen molar-refractivity contribution in [3.05, 3.63) is 77.0 Å². The summed E-state index contributed by atoms with van der Waals surface area (Å²) in [4.78, 5) is 3.99. The molecule has 0 spiro atoms. The molecular formula is C28H27F3I3N3O2. The Morgan fingerprint density at radius 1 is 0.667 bits per heavy atom. The normalized spacial score (nSPS) is 10.7. The first kappa shape index (κ1) is 32.0. The van der Waals surface area contributed by atoms with Gasteiger partial charge in [0.15, 0.2) is 17.5 Å². The maximum absolute atomic E-state index is 12.9. The van der Waals surface area contributed by atoms with E-state index in [2.05, 4.69) is 22.1 Å². The van der Waals surface area contributed by atoms with Crippen LogP contribution in [0.25, 0.3) is 22.9 Å². The van der Waals surface area contributed by atoms with Gasteiger partial charge in [-0.3, -0.25) is 4.98 Å². The highest BCUT2D eigenvalue weighted by Gasteiger charge is 2.20. The Balaban J connectivity index is 0.000000293. The number of aromatic nitrogens is 3. The number of ether oxygens (including phenoxy) is 1. The van der Waals surface area contributed by atoms with E-state index in [1.807, 2.05) is 36.4 Å². The van der Waals surface area contributed by atoms with Crippen molar-refractivity contribution in [3.63, 3.8) is 0 Å². The number of benzene rings is 2. The van der Waals surface area contributed by atoms with Crippen molar-refractivity contribution in [1.82, 2.24) is 15.2 Å². The summed E-state index contributed by atoms with van der Waals surface area (Å²) in [6.45, 7) is 3.01. The van der Waals surface area contributed by atoms with Gasteiger partial charge in [-0.2, -0.15) is 0 Å². The predicted octanol–water partition coefficient (Wildman–Crippen LogP) is 9.85. The molecule has 0 saturated carbocycles. The van der Waals surface area contributed by atoms with E-state index in [0.29, 0.717) is 11.8 Å². The molecule has 39 heavy (non-hydrogen) atoms. The third-order valence-electron chi connectivity index (χ3n) is 5.63. The molecular weight excluding hydrogens is 848 g/mol. The number of hydrogen-bond donors (Lipinski definition) is 0. The Morgan fingerprint density at radius 3 is 1.64 bits per heavy atom. The Morgan fingerprint density at radius 2 is 1.13 bits per heavy atom. The van der Waals surface area contributed by atoms with Gasteiger partial charge in [-0.05, 0) is 111 Å². The fourth-order valence-corrected chi connectivity index (χ4v) is 6.64. The van der Waals surface area contributed by atoms with Crippen molar-refractivity contribution >= 4 is 67.8 Å². The maximum Gasteiger partial charge on any atom is 0.248 e. The molecule has 0 radical (unpaired) electrons. The summed E-state index contributed by atoms with van der Waals surface area (Å²) in [6.07, 6.45) is 12.4. The molecule has 0 N–H and O–H groups in total. The smallest absolute Gasteiger partial charge is 0.248 e. The minimum atomic E-state index is -0.827. The SMILES string of the molecule is CCCCCCCCCOc1ccc(-c2nnc(-c3ccncc3)o2)cc1.Fc1c(I)c(F)c(I)c(F)c1I. The van der Waals surface area contributed by atoms with E-state index in [0.717, 1.165) is 29.9 Å². The largest absolute Gasteiger partial charge is 0.494 e. The molecule has 0 aliphatic rings. The second-order valence-electron chi connectivity index (χ2n) is 8.53. The molecule has 2 aromatic heterocycles. The quantitative estimate of drug-likeness (QED) is 0.0651. The molecule has 0 fully saturated rings. The summed E-state index contributed by atoms with van der Waals surface area (Å²) in [6, 6.07) is 11.5. The van der Waals surface area contributed by atoms with Crippen molar-refractivity contribution in [2.24, 2.45) is 0 Å². The number of halogens is 6. The Labute approximate surface area is 267 Å². The van der Waals surface area contributed by atoms with Gasteiger partial charge in [0.05, 0.1) is 17.3 Å². The molecule has 2 heterocycles. The van der Waals surface area contributed by atoms with Crippen LogP contribution in [0.1, 0.15) is 51.9 Å². The highest BCUT2D eigenvalue weighted by atomic mass is 127. The minimum Gasteiger partial charge on any atom is -0.494 e. The summed E-state index contributed by atoms with van der Waals surface area (Å²) in [5, 5.41) is 8.24. The van der Waals surface area contributed by atoms with Crippen LogP contribution in [0.2, 0.25) is 0 Å². The molecule has 208 valence electrons. The van der Waals surface area contributed by atoms with E-state index in [1.165, 1.54) is 106 Å². The molecule has 0 bridgehead atoms. The highest BCUT2D eigenvalue weighted by Crippen LogP contribution is 2.28. The molecule has 11 heteroatoms. The Kier molecular flexibility index (Phi) is 13.7. The number of rotatable bonds is 11. The van der Waals surface area contributed by atoms with Crippen LogP contribution in [0.3, 0.4) is 0 Å². The van der Waals surface area contributed by atoms with E-state index in [1.54, 1.807) is 12.4 Å². The van der Waals surface area contributed by atoms with Crippen LogP contribution in [0.5, 0.6) is 5.75 Å². The van der Waals surface area contributed by atoms with Gasteiger partial charge >= 0.3 is 0 Å². The molecule has 0 amide bonds. The van der Waals surface area contributed by atoms with Crippen molar-refractivity contribution in [3.8, 4) is 28.7 Å². The summed E-state index contributed by atoms with van der Waals surface area (Å²) in [5.74, 6) is -0.615. The molecule has 4 aromatic rings. The zero-order chi connectivity index (χ0) is 28.2. The lowest BCUT2D eigenvalue weighted by atomic mass is 10.1. The number of nitrogens with zero attached hydrogens (tertiary/aromatic N) is 3. The average molecular weight is 875 g/mol. The van der Waals surface area contributed by atoms with E-state index >= 15 is 0 Å². The zero-order valence-corrected chi connectivity index (χ0v) is 27.7. The van der Waals surface area contributed by atoms with Gasteiger partial charge in [0.1, 0.15) is 5.75 Å². The summed E-state index contributed by atoms with van der Waals surface area (Å²) < 4.78 is 49.9. The van der Waals surface area contributed by atoms with Crippen LogP contribution in [-0.2, 0) is 0 Å². The van der Waals surface area contributed by atoms with Crippen molar-refractivity contribution in [2.45, 2.75) is 51.9 Å². The van der Waals surface area contributed by atoms with Crippen molar-refractivity contribution in [1.29, 1.82) is 0 Å². The summed E-state index contributed by atoms with van der Waals surface area (Å²) in [7, 11) is 0. The van der Waals surface area contributed by atoms with Crippen LogP contribution < -0.4 is 4.74 Å². The second kappa shape index (κ2) is 16.7. The molecule has 4 rings (SSSR count). The fourth-order valence-electron chi connectivity index (χ4n) is 3.47. The van der Waals surface area contributed by atoms with E-state index in [9.17, 15) is 13.2 Å². The summed E-state index contributed by atoms with van der Waals surface area (Å²) in [5.41, 5.74) is 1.74. The molecule has 0 atom stereocenters. The molecule has 5 nitrogen and oxygen atoms in total. The van der Waals surface area contributed by atoms with Gasteiger partial charge in [-0.15, -0.1) is 10.2 Å². The van der Waals surface area contributed by atoms with Crippen molar-refractivity contribution in [2.75, 3.05) is 6.61 Å². The van der Waals surface area contributed by atoms with Crippen LogP contribution in [0, 0.1) is 28.2 Å². The number of hydrogen-bond acceptors (Lipinski definition) is 5. The fraction of sp³-hybridized carbons (Fsp3) is 0.321. The predicted molar refractivity (Wildman–Crippen MR) is 171 cm³/mol. The molecule has 0 aliphatic carbocycles. The van der Waals surface area contributed by atoms with Crippen LogP contribution in [0.15, 0.2) is 53.2 Å². The molecule has 0 aliphatic heterocycles.